The Hall–Kier alpha value is -0.560. The number of nitrogens with one attached hydrogen (secondary N) is 1. The smallest absolute Gasteiger partial charge is 0.238 e. The third-order valence-electron chi connectivity index (χ3n) is 1.67. The molecule has 1 rings (SSSR count). The molecule has 0 heterocycles. The highest BCUT2D eigenvalue weighted by molar-refractivity contribution is 7.96. The molecule has 0 saturated heterocycles. The van der Waals surface area contributed by atoms with Gasteiger partial charge in [0, 0.05) is 6.54 Å². The van der Waals surface area contributed by atoms with Gasteiger partial charge in [0.05, 0.1) is 4.90 Å². The predicted molar refractivity (Wildman–Crippen MR) is 58.2 cm³/mol. The number of hydrogen-bond acceptors (Lipinski definition) is 4. The third kappa shape index (κ3) is 3.30. The summed E-state index contributed by atoms with van der Waals surface area (Å²) in [6.07, 6.45) is 1.93. The van der Waals surface area contributed by atoms with Gasteiger partial charge in [-0.1, -0.05) is 24.1 Å². The van der Waals surface area contributed by atoms with Gasteiger partial charge in [-0.15, -0.1) is 0 Å². The van der Waals surface area contributed by atoms with E-state index < -0.39 is 10.0 Å². The summed E-state index contributed by atoms with van der Waals surface area (Å²) in [6, 6.07) is 6.49. The minimum atomic E-state index is -3.57. The van der Waals surface area contributed by atoms with Gasteiger partial charge in [-0.25, -0.2) is 13.6 Å². The molecule has 3 N–H and O–H groups in total. The third-order valence-corrected chi connectivity index (χ3v) is 3.03. The highest BCUT2D eigenvalue weighted by Crippen LogP contribution is 2.08. The van der Waals surface area contributed by atoms with Crippen LogP contribution in [0.3, 0.4) is 0 Å². The summed E-state index contributed by atoms with van der Waals surface area (Å²) in [7, 11) is -3.57. The maximum Gasteiger partial charge on any atom is 0.238 e. The molecule has 4 nitrogen and oxygen atoms in total. The quantitative estimate of drug-likeness (QED) is 0.750. The van der Waals surface area contributed by atoms with Crippen LogP contribution in [0.15, 0.2) is 29.2 Å². The van der Waals surface area contributed by atoms with E-state index in [2.05, 4.69) is 4.72 Å². The molecule has 78 valence electrons. The fraction of sp³-hybridized carbons (Fsp3) is 0.250. The summed E-state index contributed by atoms with van der Waals surface area (Å²) in [5.41, 5.74) is 1.02. The number of rotatable bonds is 4. The Morgan fingerprint density at radius 1 is 1.36 bits per heavy atom. The Kier molecular flexibility index (Phi) is 3.94. The first kappa shape index (κ1) is 11.5. The summed E-state index contributed by atoms with van der Waals surface area (Å²) < 4.78 is 24.9. The Morgan fingerprint density at radius 2 is 1.93 bits per heavy atom. The second-order valence-corrected chi connectivity index (χ2v) is 4.97. The molecule has 14 heavy (non-hydrogen) atoms. The van der Waals surface area contributed by atoms with Crippen LogP contribution in [0.2, 0.25) is 0 Å². The van der Waals surface area contributed by atoms with Crippen molar-refractivity contribution < 1.29 is 8.42 Å². The first-order valence-corrected chi connectivity index (χ1v) is 6.69. The van der Waals surface area contributed by atoms with Crippen molar-refractivity contribution in [3.05, 3.63) is 29.8 Å². The average molecular weight is 232 g/mol. The van der Waals surface area contributed by atoms with Crippen molar-refractivity contribution in [2.24, 2.45) is 5.14 Å². The predicted octanol–water partition coefficient (Wildman–Crippen LogP) is 0.702. The molecule has 0 bridgehead atoms. The normalized spacial score (nSPS) is 11.6. The molecule has 0 amide bonds. The van der Waals surface area contributed by atoms with Gasteiger partial charge in [0.25, 0.3) is 0 Å². The Balaban J connectivity index is 2.79. The highest BCUT2D eigenvalue weighted by atomic mass is 32.2. The van der Waals surface area contributed by atoms with E-state index in [9.17, 15) is 8.42 Å². The van der Waals surface area contributed by atoms with Crippen LogP contribution in [0.1, 0.15) is 5.56 Å². The maximum atomic E-state index is 10.9. The molecule has 0 aliphatic carbocycles. The molecule has 0 aliphatic heterocycles. The van der Waals surface area contributed by atoms with Gasteiger partial charge in [0.1, 0.15) is 0 Å². The molecule has 0 saturated carbocycles. The Bertz CT molecular complexity index is 386. The number of benzene rings is 1. The second kappa shape index (κ2) is 4.79. The van der Waals surface area contributed by atoms with Crippen molar-refractivity contribution >= 4 is 22.0 Å². The number of sulfonamides is 1. The topological polar surface area (TPSA) is 72.2 Å². The first-order valence-electron chi connectivity index (χ1n) is 3.91. The van der Waals surface area contributed by atoms with E-state index in [-0.39, 0.29) is 4.90 Å². The average Bonchev–Trinajstić information content (AvgIpc) is 2.14. The zero-order chi connectivity index (χ0) is 10.6. The van der Waals surface area contributed by atoms with Crippen LogP contribution in [0.5, 0.6) is 0 Å². The fourth-order valence-corrected chi connectivity index (χ4v) is 1.78. The van der Waals surface area contributed by atoms with Crippen LogP contribution in [-0.4, -0.2) is 14.7 Å². The first-order chi connectivity index (χ1) is 6.54. The van der Waals surface area contributed by atoms with Gasteiger partial charge in [0.15, 0.2) is 0 Å². The van der Waals surface area contributed by atoms with Crippen molar-refractivity contribution in [3.63, 3.8) is 0 Å². The highest BCUT2D eigenvalue weighted by Gasteiger charge is 2.05. The molecule has 0 aromatic heterocycles. The minimum Gasteiger partial charge on any atom is -0.260 e. The van der Waals surface area contributed by atoms with E-state index in [4.69, 9.17) is 5.14 Å². The molecule has 0 spiro atoms. The summed E-state index contributed by atoms with van der Waals surface area (Å²) in [5.74, 6) is 0. The van der Waals surface area contributed by atoms with Crippen molar-refractivity contribution in [1.82, 2.24) is 4.72 Å². The minimum absolute atomic E-state index is 0.144. The van der Waals surface area contributed by atoms with Gasteiger partial charge in [0.2, 0.25) is 10.0 Å². The molecule has 1 aromatic carbocycles. The van der Waals surface area contributed by atoms with Gasteiger partial charge in [-0.3, -0.25) is 4.72 Å². The second-order valence-electron chi connectivity index (χ2n) is 2.71. The van der Waals surface area contributed by atoms with Crippen LogP contribution in [-0.2, 0) is 16.6 Å². The molecule has 1 aromatic rings. The van der Waals surface area contributed by atoms with E-state index in [0.717, 1.165) is 5.56 Å². The molecular weight excluding hydrogens is 220 g/mol. The Labute approximate surface area is 88.1 Å². The van der Waals surface area contributed by atoms with Crippen molar-refractivity contribution in [3.8, 4) is 0 Å². The van der Waals surface area contributed by atoms with E-state index >= 15 is 0 Å². The summed E-state index contributed by atoms with van der Waals surface area (Å²) in [6.45, 7) is 0.700. The maximum absolute atomic E-state index is 10.9. The number of hydrogen-bond donors (Lipinski definition) is 2. The lowest BCUT2D eigenvalue weighted by Gasteiger charge is -2.02. The lowest BCUT2D eigenvalue weighted by atomic mass is 10.2. The molecule has 0 aliphatic rings. The standard InChI is InChI=1S/C8H12N2O2S2/c1-13-10-6-7-2-4-8(5-3-7)14(9,11)12/h2-5,10H,6H2,1H3,(H2,9,11,12). The van der Waals surface area contributed by atoms with Gasteiger partial charge >= 0.3 is 0 Å². The van der Waals surface area contributed by atoms with E-state index in [1.807, 2.05) is 6.26 Å². The van der Waals surface area contributed by atoms with Gasteiger partial charge < -0.3 is 0 Å². The van der Waals surface area contributed by atoms with E-state index in [0.29, 0.717) is 6.54 Å². The van der Waals surface area contributed by atoms with Crippen LogP contribution >= 0.6 is 11.9 Å². The SMILES string of the molecule is CSNCc1ccc(S(N)(=O)=O)cc1. The van der Waals surface area contributed by atoms with Crippen LogP contribution in [0.4, 0.5) is 0 Å². The van der Waals surface area contributed by atoms with Crippen LogP contribution in [0.25, 0.3) is 0 Å². The summed E-state index contributed by atoms with van der Waals surface area (Å²) in [4.78, 5) is 0.144. The molecule has 0 unspecified atom stereocenters. The summed E-state index contributed by atoms with van der Waals surface area (Å²) in [5, 5.41) is 4.96. The largest absolute Gasteiger partial charge is 0.260 e. The van der Waals surface area contributed by atoms with E-state index in [1.54, 1.807) is 12.1 Å². The van der Waals surface area contributed by atoms with Gasteiger partial charge in [-0.05, 0) is 24.0 Å². The van der Waals surface area contributed by atoms with Gasteiger partial charge in [-0.2, -0.15) is 0 Å². The fourth-order valence-electron chi connectivity index (χ4n) is 0.952. The van der Waals surface area contributed by atoms with Crippen molar-refractivity contribution in [2.75, 3.05) is 6.26 Å². The zero-order valence-electron chi connectivity index (χ0n) is 7.73. The molecular formula is C8H12N2O2S2. The molecule has 0 fully saturated rings. The van der Waals surface area contributed by atoms with E-state index in [1.165, 1.54) is 24.1 Å². The number of nitrogens with two attached hydrogens (primary N) is 1. The zero-order valence-corrected chi connectivity index (χ0v) is 9.36. The van der Waals surface area contributed by atoms with Crippen LogP contribution in [0, 0.1) is 0 Å². The van der Waals surface area contributed by atoms with Crippen molar-refractivity contribution in [2.45, 2.75) is 11.4 Å². The number of primary sulfonamides is 1. The van der Waals surface area contributed by atoms with Crippen molar-refractivity contribution in [1.29, 1.82) is 0 Å². The summed E-state index contributed by atoms with van der Waals surface area (Å²) >= 11 is 1.51. The lowest BCUT2D eigenvalue weighted by Crippen LogP contribution is -2.12. The molecule has 6 heteroatoms. The monoisotopic (exact) mass is 232 g/mol. The Morgan fingerprint density at radius 3 is 2.36 bits per heavy atom. The lowest BCUT2D eigenvalue weighted by molar-refractivity contribution is 0.598. The molecule has 0 radical (unpaired) electrons. The molecule has 0 atom stereocenters. The van der Waals surface area contributed by atoms with Crippen LogP contribution < -0.4 is 9.86 Å².